The fraction of sp³-hybridized carbons (Fsp3) is 0.688. The minimum atomic E-state index is 0.338. The number of hydrogen-bond acceptors (Lipinski definition) is 3. The first-order valence-electron chi connectivity index (χ1n) is 7.62. The predicted molar refractivity (Wildman–Crippen MR) is 80.1 cm³/mol. The molecule has 106 valence electrons. The van der Waals surface area contributed by atoms with Gasteiger partial charge in [-0.15, -0.1) is 0 Å². The molecule has 2 unspecified atom stereocenters. The van der Waals surface area contributed by atoms with Crippen LogP contribution in [-0.2, 0) is 0 Å². The van der Waals surface area contributed by atoms with E-state index in [1.54, 1.807) is 0 Å². The van der Waals surface area contributed by atoms with E-state index >= 15 is 0 Å². The fourth-order valence-corrected chi connectivity index (χ4v) is 2.76. The Kier molecular flexibility index (Phi) is 5.80. The third-order valence-electron chi connectivity index (χ3n) is 3.92. The van der Waals surface area contributed by atoms with Crippen LogP contribution in [-0.4, -0.2) is 36.1 Å². The Balaban J connectivity index is 1.69. The largest absolute Gasteiger partial charge is 0.309 e. The van der Waals surface area contributed by atoms with Crippen LogP contribution in [0.4, 0.5) is 0 Å². The normalized spacial score (nSPS) is 20.1. The first kappa shape index (κ1) is 14.5. The molecule has 2 rings (SSSR count). The van der Waals surface area contributed by atoms with Crippen molar-refractivity contribution in [1.82, 2.24) is 15.2 Å². The van der Waals surface area contributed by atoms with E-state index in [0.29, 0.717) is 12.0 Å². The lowest BCUT2D eigenvalue weighted by molar-refractivity contribution is 0.197. The molecule has 0 bridgehead atoms. The van der Waals surface area contributed by atoms with Crippen LogP contribution in [0.25, 0.3) is 0 Å². The Bertz CT molecular complexity index is 346. The SMILES string of the molecule is CC(CNC(C)c1ccccn1)CN1CCCCC1. The summed E-state index contributed by atoms with van der Waals surface area (Å²) >= 11 is 0. The molecule has 0 aliphatic carbocycles. The van der Waals surface area contributed by atoms with Crippen LogP contribution < -0.4 is 5.32 Å². The minimum absolute atomic E-state index is 0.338. The maximum atomic E-state index is 4.40. The van der Waals surface area contributed by atoms with Gasteiger partial charge in [0.05, 0.1) is 5.69 Å². The van der Waals surface area contributed by atoms with Crippen molar-refractivity contribution in [2.75, 3.05) is 26.2 Å². The van der Waals surface area contributed by atoms with Crippen LogP contribution in [0.1, 0.15) is 44.8 Å². The van der Waals surface area contributed by atoms with Crippen LogP contribution in [0, 0.1) is 5.92 Å². The lowest BCUT2D eigenvalue weighted by Crippen LogP contribution is -2.37. The van der Waals surface area contributed by atoms with E-state index in [1.165, 1.54) is 38.9 Å². The second-order valence-electron chi connectivity index (χ2n) is 5.85. The van der Waals surface area contributed by atoms with Crippen LogP contribution in [0.5, 0.6) is 0 Å². The molecule has 1 fully saturated rings. The van der Waals surface area contributed by atoms with Crippen molar-refractivity contribution in [1.29, 1.82) is 0 Å². The molecular weight excluding hydrogens is 234 g/mol. The highest BCUT2D eigenvalue weighted by Crippen LogP contribution is 2.12. The van der Waals surface area contributed by atoms with Crippen LogP contribution in [0.2, 0.25) is 0 Å². The van der Waals surface area contributed by atoms with Crippen molar-refractivity contribution in [3.05, 3.63) is 30.1 Å². The van der Waals surface area contributed by atoms with E-state index < -0.39 is 0 Å². The van der Waals surface area contributed by atoms with Crippen molar-refractivity contribution in [2.45, 2.75) is 39.2 Å². The third kappa shape index (κ3) is 4.92. The van der Waals surface area contributed by atoms with Crippen LogP contribution in [0.3, 0.4) is 0 Å². The lowest BCUT2D eigenvalue weighted by Gasteiger charge is -2.29. The number of pyridine rings is 1. The first-order chi connectivity index (χ1) is 9.25. The summed E-state index contributed by atoms with van der Waals surface area (Å²) < 4.78 is 0. The molecule has 3 nitrogen and oxygen atoms in total. The van der Waals surface area contributed by atoms with Gasteiger partial charge < -0.3 is 10.2 Å². The molecule has 1 aromatic heterocycles. The summed E-state index contributed by atoms with van der Waals surface area (Å²) in [6, 6.07) is 6.45. The van der Waals surface area contributed by atoms with Gasteiger partial charge in [-0.25, -0.2) is 0 Å². The van der Waals surface area contributed by atoms with E-state index in [1.807, 2.05) is 12.3 Å². The van der Waals surface area contributed by atoms with Gasteiger partial charge in [0.15, 0.2) is 0 Å². The maximum absolute atomic E-state index is 4.40. The lowest BCUT2D eigenvalue weighted by atomic mass is 10.1. The minimum Gasteiger partial charge on any atom is -0.309 e. The molecule has 1 aliphatic heterocycles. The van der Waals surface area contributed by atoms with Gasteiger partial charge >= 0.3 is 0 Å². The molecule has 0 spiro atoms. The van der Waals surface area contributed by atoms with Crippen molar-refractivity contribution < 1.29 is 0 Å². The topological polar surface area (TPSA) is 28.2 Å². The van der Waals surface area contributed by atoms with Gasteiger partial charge in [-0.05, 0) is 57.5 Å². The van der Waals surface area contributed by atoms with Gasteiger partial charge in [-0.1, -0.05) is 19.4 Å². The summed E-state index contributed by atoms with van der Waals surface area (Å²) in [6.07, 6.45) is 6.04. The molecule has 1 aliphatic rings. The van der Waals surface area contributed by atoms with E-state index in [-0.39, 0.29) is 0 Å². The molecule has 2 atom stereocenters. The maximum Gasteiger partial charge on any atom is 0.0570 e. The average Bonchev–Trinajstić information content (AvgIpc) is 2.47. The van der Waals surface area contributed by atoms with E-state index in [0.717, 1.165) is 12.2 Å². The number of nitrogens with one attached hydrogen (secondary N) is 1. The molecule has 3 heteroatoms. The summed E-state index contributed by atoms with van der Waals surface area (Å²) in [5.41, 5.74) is 1.13. The molecule has 1 saturated heterocycles. The highest BCUT2D eigenvalue weighted by Gasteiger charge is 2.14. The Hall–Kier alpha value is -0.930. The molecule has 0 radical (unpaired) electrons. The molecule has 0 amide bonds. The Morgan fingerprint density at radius 3 is 2.68 bits per heavy atom. The summed E-state index contributed by atoms with van der Waals surface area (Å²) in [6.45, 7) is 9.40. The summed E-state index contributed by atoms with van der Waals surface area (Å²) in [7, 11) is 0. The number of nitrogens with zero attached hydrogens (tertiary/aromatic N) is 2. The number of likely N-dealkylation sites (tertiary alicyclic amines) is 1. The predicted octanol–water partition coefficient (Wildman–Crippen LogP) is 2.85. The monoisotopic (exact) mass is 261 g/mol. The molecule has 1 N–H and O–H groups in total. The third-order valence-corrected chi connectivity index (χ3v) is 3.92. The average molecular weight is 261 g/mol. The quantitative estimate of drug-likeness (QED) is 0.853. The van der Waals surface area contributed by atoms with Crippen molar-refractivity contribution in [3.8, 4) is 0 Å². The van der Waals surface area contributed by atoms with Crippen molar-refractivity contribution in [3.63, 3.8) is 0 Å². The van der Waals surface area contributed by atoms with Crippen molar-refractivity contribution >= 4 is 0 Å². The first-order valence-corrected chi connectivity index (χ1v) is 7.62. The summed E-state index contributed by atoms with van der Waals surface area (Å²) in [5.74, 6) is 0.698. The van der Waals surface area contributed by atoms with Gasteiger partial charge in [-0.3, -0.25) is 4.98 Å². The van der Waals surface area contributed by atoms with Gasteiger partial charge in [0.2, 0.25) is 0 Å². The number of hydrogen-bond donors (Lipinski definition) is 1. The highest BCUT2D eigenvalue weighted by atomic mass is 15.1. The molecule has 0 saturated carbocycles. The fourth-order valence-electron chi connectivity index (χ4n) is 2.76. The molecule has 0 aromatic carbocycles. The Morgan fingerprint density at radius 2 is 2.00 bits per heavy atom. The van der Waals surface area contributed by atoms with Crippen LogP contribution in [0.15, 0.2) is 24.4 Å². The highest BCUT2D eigenvalue weighted by molar-refractivity contribution is 5.07. The Labute approximate surface area is 117 Å². The Morgan fingerprint density at radius 1 is 1.21 bits per heavy atom. The summed E-state index contributed by atoms with van der Waals surface area (Å²) in [5, 5.41) is 3.60. The van der Waals surface area contributed by atoms with Gasteiger partial charge in [0, 0.05) is 18.8 Å². The summed E-state index contributed by atoms with van der Waals surface area (Å²) in [4.78, 5) is 7.01. The zero-order valence-electron chi connectivity index (χ0n) is 12.3. The van der Waals surface area contributed by atoms with Gasteiger partial charge in [-0.2, -0.15) is 0 Å². The van der Waals surface area contributed by atoms with E-state index in [4.69, 9.17) is 0 Å². The molecule has 1 aromatic rings. The number of aromatic nitrogens is 1. The van der Waals surface area contributed by atoms with E-state index in [2.05, 4.69) is 41.2 Å². The molecule has 2 heterocycles. The second kappa shape index (κ2) is 7.61. The van der Waals surface area contributed by atoms with Crippen LogP contribution >= 0.6 is 0 Å². The smallest absolute Gasteiger partial charge is 0.0570 e. The molecule has 19 heavy (non-hydrogen) atoms. The zero-order valence-corrected chi connectivity index (χ0v) is 12.3. The molecular formula is C16H27N3. The zero-order chi connectivity index (χ0) is 13.5. The van der Waals surface area contributed by atoms with E-state index in [9.17, 15) is 0 Å². The number of rotatable bonds is 6. The van der Waals surface area contributed by atoms with Crippen molar-refractivity contribution in [2.24, 2.45) is 5.92 Å². The number of piperidine rings is 1. The van der Waals surface area contributed by atoms with Gasteiger partial charge in [0.25, 0.3) is 0 Å². The standard InChI is InChI=1S/C16H27N3/c1-14(13-19-10-6-3-7-11-19)12-18-15(2)16-8-4-5-9-17-16/h4-5,8-9,14-15,18H,3,6-7,10-13H2,1-2H3. The van der Waals surface area contributed by atoms with Gasteiger partial charge in [0.1, 0.15) is 0 Å². The second-order valence-corrected chi connectivity index (χ2v) is 5.85.